The predicted molar refractivity (Wildman–Crippen MR) is 66.9 cm³/mol. The largest absolute Gasteiger partial charge is 0.481 e. The monoisotopic (exact) mass is 233 g/mol. The Morgan fingerprint density at radius 3 is 2.53 bits per heavy atom. The number of aryl methyl sites for hydroxylation is 1. The summed E-state index contributed by atoms with van der Waals surface area (Å²) in [6.07, 6.45) is 1.82. The lowest BCUT2D eigenvalue weighted by atomic mass is 9.99. The van der Waals surface area contributed by atoms with Gasteiger partial charge in [0.2, 0.25) is 0 Å². The maximum atomic E-state index is 10.9. The topological polar surface area (TPSA) is 49.3 Å². The van der Waals surface area contributed by atoms with Crippen LogP contribution in [0.1, 0.15) is 30.5 Å². The first-order valence-electron chi connectivity index (χ1n) is 6.16. The smallest absolute Gasteiger partial charge is 0.306 e. The number of hydrogen-bond acceptors (Lipinski definition) is 2. The standard InChI is InChI=1S/C14H19NO2/c1-3-9-4-6-10(7-5-9)13(15-2)11-8-12(11)14(16)17/h4-7,11-13,15H,3,8H2,1-2H3,(H,16,17). The first-order valence-corrected chi connectivity index (χ1v) is 6.16. The Morgan fingerprint density at radius 1 is 1.47 bits per heavy atom. The van der Waals surface area contributed by atoms with E-state index < -0.39 is 5.97 Å². The van der Waals surface area contributed by atoms with Crippen molar-refractivity contribution in [2.45, 2.75) is 25.8 Å². The molecule has 17 heavy (non-hydrogen) atoms. The Labute approximate surface area is 102 Å². The normalized spacial score (nSPS) is 24.4. The highest BCUT2D eigenvalue weighted by atomic mass is 16.4. The molecule has 2 N–H and O–H groups in total. The van der Waals surface area contributed by atoms with E-state index in [1.54, 1.807) is 0 Å². The van der Waals surface area contributed by atoms with Crippen molar-refractivity contribution in [1.29, 1.82) is 0 Å². The molecule has 0 bridgehead atoms. The van der Waals surface area contributed by atoms with Crippen molar-refractivity contribution in [2.24, 2.45) is 11.8 Å². The van der Waals surface area contributed by atoms with Crippen LogP contribution in [0.2, 0.25) is 0 Å². The molecular formula is C14H19NO2. The molecule has 3 atom stereocenters. The van der Waals surface area contributed by atoms with E-state index in [0.717, 1.165) is 12.8 Å². The first-order chi connectivity index (χ1) is 8.17. The number of benzene rings is 1. The lowest BCUT2D eigenvalue weighted by Crippen LogP contribution is -2.20. The van der Waals surface area contributed by atoms with Gasteiger partial charge >= 0.3 is 5.97 Å². The van der Waals surface area contributed by atoms with Crippen LogP contribution in [0.25, 0.3) is 0 Å². The molecule has 0 spiro atoms. The van der Waals surface area contributed by atoms with Gasteiger partial charge in [-0.1, -0.05) is 31.2 Å². The highest BCUT2D eigenvalue weighted by Crippen LogP contribution is 2.47. The van der Waals surface area contributed by atoms with E-state index in [2.05, 4.69) is 36.5 Å². The quantitative estimate of drug-likeness (QED) is 0.820. The summed E-state index contributed by atoms with van der Waals surface area (Å²) in [5, 5.41) is 12.2. The number of carboxylic acid groups (broad SMARTS) is 1. The lowest BCUT2D eigenvalue weighted by Gasteiger charge is -2.16. The third-order valence-corrected chi connectivity index (χ3v) is 3.64. The molecule has 0 saturated heterocycles. The maximum Gasteiger partial charge on any atom is 0.306 e. The van der Waals surface area contributed by atoms with Crippen LogP contribution in [0.4, 0.5) is 0 Å². The number of hydrogen-bond donors (Lipinski definition) is 2. The van der Waals surface area contributed by atoms with Gasteiger partial charge in [-0.05, 0) is 36.9 Å². The molecule has 3 nitrogen and oxygen atoms in total. The predicted octanol–water partition coefficient (Wildman–Crippen LogP) is 2.23. The van der Waals surface area contributed by atoms with E-state index in [1.165, 1.54) is 11.1 Å². The Morgan fingerprint density at radius 2 is 2.12 bits per heavy atom. The number of rotatable bonds is 5. The molecular weight excluding hydrogens is 214 g/mol. The van der Waals surface area contributed by atoms with Gasteiger partial charge in [0.1, 0.15) is 0 Å². The summed E-state index contributed by atoms with van der Waals surface area (Å²) in [4.78, 5) is 10.9. The molecule has 0 amide bonds. The third-order valence-electron chi connectivity index (χ3n) is 3.64. The van der Waals surface area contributed by atoms with Gasteiger partial charge in [-0.15, -0.1) is 0 Å². The van der Waals surface area contributed by atoms with Gasteiger partial charge in [0.15, 0.2) is 0 Å². The fourth-order valence-corrected chi connectivity index (χ4v) is 2.46. The summed E-state index contributed by atoms with van der Waals surface area (Å²) < 4.78 is 0. The molecule has 92 valence electrons. The molecule has 1 aliphatic carbocycles. The molecule has 0 radical (unpaired) electrons. The van der Waals surface area contributed by atoms with Gasteiger partial charge in [0.25, 0.3) is 0 Å². The molecule has 1 fully saturated rings. The van der Waals surface area contributed by atoms with Crippen molar-refractivity contribution in [2.75, 3.05) is 7.05 Å². The zero-order valence-electron chi connectivity index (χ0n) is 10.3. The van der Waals surface area contributed by atoms with Gasteiger partial charge in [-0.2, -0.15) is 0 Å². The fourth-order valence-electron chi connectivity index (χ4n) is 2.46. The molecule has 0 aromatic heterocycles. The minimum atomic E-state index is -0.666. The number of carbonyl (C=O) groups is 1. The van der Waals surface area contributed by atoms with Gasteiger partial charge in [-0.25, -0.2) is 0 Å². The summed E-state index contributed by atoms with van der Waals surface area (Å²) in [7, 11) is 1.90. The molecule has 2 rings (SSSR count). The highest BCUT2D eigenvalue weighted by molar-refractivity contribution is 5.73. The molecule has 1 saturated carbocycles. The molecule has 1 aliphatic rings. The first kappa shape index (κ1) is 12.1. The van der Waals surface area contributed by atoms with Gasteiger partial charge in [-0.3, -0.25) is 4.79 Å². The Balaban J connectivity index is 2.10. The van der Waals surface area contributed by atoms with Crippen LogP contribution in [-0.4, -0.2) is 18.1 Å². The minimum Gasteiger partial charge on any atom is -0.481 e. The SMILES string of the molecule is CCc1ccc(C(NC)C2CC2C(=O)O)cc1. The van der Waals surface area contributed by atoms with Gasteiger partial charge in [0.05, 0.1) is 5.92 Å². The summed E-state index contributed by atoms with van der Waals surface area (Å²) in [5.74, 6) is -0.594. The van der Waals surface area contributed by atoms with Crippen molar-refractivity contribution in [1.82, 2.24) is 5.32 Å². The van der Waals surface area contributed by atoms with Crippen LogP contribution >= 0.6 is 0 Å². The van der Waals surface area contributed by atoms with Crippen molar-refractivity contribution < 1.29 is 9.90 Å². The Kier molecular flexibility index (Phi) is 3.48. The second-order valence-electron chi connectivity index (χ2n) is 4.71. The van der Waals surface area contributed by atoms with Crippen LogP contribution in [0.3, 0.4) is 0 Å². The highest BCUT2D eigenvalue weighted by Gasteiger charge is 2.47. The van der Waals surface area contributed by atoms with Crippen LogP contribution in [0, 0.1) is 11.8 Å². The molecule has 0 heterocycles. The summed E-state index contributed by atoms with van der Waals surface area (Å²) >= 11 is 0. The average Bonchev–Trinajstić information content (AvgIpc) is 3.11. The van der Waals surface area contributed by atoms with Crippen molar-refractivity contribution >= 4 is 5.97 Å². The molecule has 3 heteroatoms. The zero-order valence-corrected chi connectivity index (χ0v) is 10.3. The molecule has 3 unspecified atom stereocenters. The maximum absolute atomic E-state index is 10.9. The fraction of sp³-hybridized carbons (Fsp3) is 0.500. The lowest BCUT2D eigenvalue weighted by molar-refractivity contribution is -0.138. The second-order valence-corrected chi connectivity index (χ2v) is 4.71. The van der Waals surface area contributed by atoms with E-state index in [4.69, 9.17) is 5.11 Å². The minimum absolute atomic E-state index is 0.168. The molecule has 1 aromatic rings. The molecule has 1 aromatic carbocycles. The van der Waals surface area contributed by atoms with Crippen molar-refractivity contribution in [3.63, 3.8) is 0 Å². The van der Waals surface area contributed by atoms with Crippen molar-refractivity contribution in [3.8, 4) is 0 Å². The van der Waals surface area contributed by atoms with E-state index in [9.17, 15) is 4.79 Å². The summed E-state index contributed by atoms with van der Waals surface area (Å²) in [6, 6.07) is 8.63. The van der Waals surface area contributed by atoms with Crippen LogP contribution in [-0.2, 0) is 11.2 Å². The van der Waals surface area contributed by atoms with E-state index in [0.29, 0.717) is 0 Å². The van der Waals surface area contributed by atoms with E-state index >= 15 is 0 Å². The summed E-state index contributed by atoms with van der Waals surface area (Å²) in [5.41, 5.74) is 2.51. The van der Waals surface area contributed by atoms with Gasteiger partial charge in [0, 0.05) is 6.04 Å². The zero-order chi connectivity index (χ0) is 12.4. The van der Waals surface area contributed by atoms with E-state index in [1.807, 2.05) is 7.05 Å². The van der Waals surface area contributed by atoms with Gasteiger partial charge < -0.3 is 10.4 Å². The van der Waals surface area contributed by atoms with Crippen molar-refractivity contribution in [3.05, 3.63) is 35.4 Å². The number of carboxylic acids is 1. The average molecular weight is 233 g/mol. The molecule has 0 aliphatic heterocycles. The number of nitrogens with one attached hydrogen (secondary N) is 1. The second kappa shape index (κ2) is 4.88. The Bertz CT molecular complexity index is 399. The van der Waals surface area contributed by atoms with Crippen LogP contribution < -0.4 is 5.32 Å². The summed E-state index contributed by atoms with van der Waals surface area (Å²) in [6.45, 7) is 2.13. The Hall–Kier alpha value is -1.35. The number of aliphatic carboxylic acids is 1. The van der Waals surface area contributed by atoms with E-state index in [-0.39, 0.29) is 17.9 Å². The van der Waals surface area contributed by atoms with Crippen LogP contribution in [0.15, 0.2) is 24.3 Å². The van der Waals surface area contributed by atoms with Crippen LogP contribution in [0.5, 0.6) is 0 Å². The third kappa shape index (κ3) is 2.50.